The van der Waals surface area contributed by atoms with Gasteiger partial charge in [-0.2, -0.15) is 16.9 Å². The second-order valence-electron chi connectivity index (χ2n) is 6.12. The molecule has 0 amide bonds. The summed E-state index contributed by atoms with van der Waals surface area (Å²) in [5, 5.41) is 7.72. The van der Waals surface area contributed by atoms with E-state index in [1.165, 1.54) is 0 Å². The molecule has 0 radical (unpaired) electrons. The van der Waals surface area contributed by atoms with Crippen LogP contribution >= 0.6 is 11.8 Å². The third-order valence-electron chi connectivity index (χ3n) is 3.90. The highest BCUT2D eigenvalue weighted by Crippen LogP contribution is 2.22. The number of nitrogens with one attached hydrogen (secondary N) is 1. The van der Waals surface area contributed by atoms with Crippen molar-refractivity contribution in [3.05, 3.63) is 18.0 Å². The van der Waals surface area contributed by atoms with E-state index in [0.717, 1.165) is 31.2 Å². The van der Waals surface area contributed by atoms with Crippen molar-refractivity contribution >= 4 is 17.7 Å². The van der Waals surface area contributed by atoms with Gasteiger partial charge in [0, 0.05) is 43.7 Å². The first-order valence-electron chi connectivity index (χ1n) is 7.56. The van der Waals surface area contributed by atoms with Gasteiger partial charge in [0.05, 0.1) is 19.3 Å². The van der Waals surface area contributed by atoms with Gasteiger partial charge in [0.2, 0.25) is 0 Å². The van der Waals surface area contributed by atoms with Gasteiger partial charge in [-0.25, -0.2) is 0 Å². The van der Waals surface area contributed by atoms with Crippen LogP contribution in [0, 0.1) is 0 Å². The molecule has 1 N–H and O–H groups in total. The smallest absolute Gasteiger partial charge is 0.193 e. The summed E-state index contributed by atoms with van der Waals surface area (Å²) in [6.45, 7) is 7.70. The van der Waals surface area contributed by atoms with Crippen molar-refractivity contribution < 1.29 is 4.74 Å². The van der Waals surface area contributed by atoms with Crippen LogP contribution in [-0.4, -0.2) is 64.9 Å². The van der Waals surface area contributed by atoms with Crippen LogP contribution in [0.15, 0.2) is 17.4 Å². The van der Waals surface area contributed by atoms with Gasteiger partial charge in [-0.05, 0) is 20.1 Å². The maximum atomic E-state index is 5.89. The third kappa shape index (κ3) is 4.39. The highest BCUT2D eigenvalue weighted by atomic mass is 32.2. The van der Waals surface area contributed by atoms with Crippen LogP contribution in [-0.2, 0) is 11.8 Å². The van der Waals surface area contributed by atoms with Gasteiger partial charge in [0.25, 0.3) is 0 Å². The van der Waals surface area contributed by atoms with Gasteiger partial charge in [-0.3, -0.25) is 9.67 Å². The largest absolute Gasteiger partial charge is 0.370 e. The summed E-state index contributed by atoms with van der Waals surface area (Å²) in [6, 6.07) is 0. The van der Waals surface area contributed by atoms with Crippen LogP contribution < -0.4 is 5.32 Å². The van der Waals surface area contributed by atoms with Crippen LogP contribution in [0.5, 0.6) is 0 Å². The first kappa shape index (κ1) is 17.1. The Labute approximate surface area is 137 Å². The van der Waals surface area contributed by atoms with Crippen molar-refractivity contribution in [2.24, 2.45) is 12.0 Å². The van der Waals surface area contributed by atoms with E-state index in [4.69, 9.17) is 4.74 Å². The molecule has 0 bridgehead atoms. The predicted molar refractivity (Wildman–Crippen MR) is 92.4 cm³/mol. The van der Waals surface area contributed by atoms with E-state index in [1.807, 2.05) is 42.9 Å². The van der Waals surface area contributed by atoms with Crippen molar-refractivity contribution in [3.8, 4) is 0 Å². The molecule has 1 aliphatic heterocycles. The van der Waals surface area contributed by atoms with Gasteiger partial charge in [0.1, 0.15) is 6.10 Å². The monoisotopic (exact) mass is 325 g/mol. The van der Waals surface area contributed by atoms with Gasteiger partial charge >= 0.3 is 0 Å². The summed E-state index contributed by atoms with van der Waals surface area (Å²) in [5.41, 5.74) is 1.12. The van der Waals surface area contributed by atoms with Crippen LogP contribution in [0.2, 0.25) is 0 Å². The predicted octanol–water partition coefficient (Wildman–Crippen LogP) is 1.51. The topological polar surface area (TPSA) is 54.7 Å². The van der Waals surface area contributed by atoms with E-state index in [1.54, 1.807) is 0 Å². The first-order valence-corrected chi connectivity index (χ1v) is 8.78. The maximum absolute atomic E-state index is 5.89. The molecule has 0 aromatic carbocycles. The number of rotatable bonds is 4. The molecule has 1 aliphatic rings. The zero-order valence-electron chi connectivity index (χ0n) is 14.2. The van der Waals surface area contributed by atoms with Crippen molar-refractivity contribution in [3.63, 3.8) is 0 Å². The van der Waals surface area contributed by atoms with E-state index in [9.17, 15) is 0 Å². The standard InChI is InChI=1S/C15H27N5OS/c1-15(2,22-5)11-17-14(16-3)20-6-7-21-13(10-20)12-8-18-19(4)9-12/h8-9,13H,6-7,10-11H2,1-5H3,(H,16,17). The van der Waals surface area contributed by atoms with Crippen molar-refractivity contribution in [1.82, 2.24) is 20.0 Å². The molecule has 1 aromatic heterocycles. The fourth-order valence-electron chi connectivity index (χ4n) is 2.35. The van der Waals surface area contributed by atoms with Crippen molar-refractivity contribution in [2.75, 3.05) is 39.5 Å². The Morgan fingerprint density at radius 3 is 2.95 bits per heavy atom. The summed E-state index contributed by atoms with van der Waals surface area (Å²) in [7, 11) is 3.76. The number of aliphatic imine (C=N–C) groups is 1. The van der Waals surface area contributed by atoms with Gasteiger partial charge < -0.3 is 15.0 Å². The first-order chi connectivity index (χ1) is 10.4. The summed E-state index contributed by atoms with van der Waals surface area (Å²) < 4.78 is 7.88. The Morgan fingerprint density at radius 1 is 1.59 bits per heavy atom. The molecule has 7 heteroatoms. The Balaban J connectivity index is 1.98. The van der Waals surface area contributed by atoms with Crippen LogP contribution in [0.3, 0.4) is 0 Å². The Kier molecular flexibility index (Phi) is 5.74. The molecule has 2 heterocycles. The van der Waals surface area contributed by atoms with E-state index >= 15 is 0 Å². The molecular formula is C15H27N5OS. The number of hydrogen-bond acceptors (Lipinski definition) is 4. The molecule has 1 saturated heterocycles. The van der Waals surface area contributed by atoms with E-state index in [0.29, 0.717) is 6.61 Å². The molecule has 22 heavy (non-hydrogen) atoms. The molecule has 1 unspecified atom stereocenters. The van der Waals surface area contributed by atoms with Crippen molar-refractivity contribution in [1.29, 1.82) is 0 Å². The number of nitrogens with zero attached hydrogens (tertiary/aromatic N) is 4. The molecule has 2 rings (SSSR count). The average Bonchev–Trinajstić information content (AvgIpc) is 2.95. The number of ether oxygens (including phenoxy) is 1. The lowest BCUT2D eigenvalue weighted by Crippen LogP contribution is -2.50. The quantitative estimate of drug-likeness (QED) is 0.672. The molecule has 0 saturated carbocycles. The lowest BCUT2D eigenvalue weighted by molar-refractivity contribution is -0.00803. The SMILES string of the molecule is CN=C(NCC(C)(C)SC)N1CCOC(c2cnn(C)c2)C1. The average molecular weight is 325 g/mol. The van der Waals surface area contributed by atoms with E-state index in [-0.39, 0.29) is 10.9 Å². The van der Waals surface area contributed by atoms with Crippen molar-refractivity contribution in [2.45, 2.75) is 24.7 Å². The number of aromatic nitrogens is 2. The number of hydrogen-bond donors (Lipinski definition) is 1. The van der Waals surface area contributed by atoms with Gasteiger partial charge in [-0.1, -0.05) is 0 Å². The normalized spacial score (nSPS) is 20.3. The molecule has 0 spiro atoms. The Hall–Kier alpha value is -1.21. The number of morpholine rings is 1. The molecule has 124 valence electrons. The molecular weight excluding hydrogens is 298 g/mol. The molecule has 1 fully saturated rings. The van der Waals surface area contributed by atoms with Gasteiger partial charge in [0.15, 0.2) is 5.96 Å². The number of aryl methyl sites for hydroxylation is 1. The summed E-state index contributed by atoms with van der Waals surface area (Å²) in [5.74, 6) is 0.944. The maximum Gasteiger partial charge on any atom is 0.193 e. The second-order valence-corrected chi connectivity index (χ2v) is 7.63. The number of guanidine groups is 1. The zero-order valence-corrected chi connectivity index (χ0v) is 15.0. The summed E-state index contributed by atoms with van der Waals surface area (Å²) in [4.78, 5) is 6.69. The summed E-state index contributed by atoms with van der Waals surface area (Å²) >= 11 is 1.85. The molecule has 6 nitrogen and oxygen atoms in total. The second kappa shape index (κ2) is 7.37. The zero-order chi connectivity index (χ0) is 16.2. The fourth-order valence-corrected chi connectivity index (χ4v) is 2.56. The Morgan fingerprint density at radius 2 is 2.36 bits per heavy atom. The van der Waals surface area contributed by atoms with E-state index in [2.05, 4.69) is 40.4 Å². The number of thioether (sulfide) groups is 1. The molecule has 1 atom stereocenters. The highest BCUT2D eigenvalue weighted by molar-refractivity contribution is 7.99. The summed E-state index contributed by atoms with van der Waals surface area (Å²) in [6.07, 6.45) is 6.08. The third-order valence-corrected chi connectivity index (χ3v) is 5.15. The van der Waals surface area contributed by atoms with Crippen LogP contribution in [0.4, 0.5) is 0 Å². The highest BCUT2D eigenvalue weighted by Gasteiger charge is 2.26. The Bertz CT molecular complexity index is 514. The fraction of sp³-hybridized carbons (Fsp3) is 0.733. The molecule has 0 aliphatic carbocycles. The van der Waals surface area contributed by atoms with E-state index < -0.39 is 0 Å². The lowest BCUT2D eigenvalue weighted by Gasteiger charge is -2.36. The van der Waals surface area contributed by atoms with Gasteiger partial charge in [-0.15, -0.1) is 0 Å². The molecule has 1 aromatic rings. The minimum atomic E-state index is 0.0505. The van der Waals surface area contributed by atoms with Crippen LogP contribution in [0.25, 0.3) is 0 Å². The minimum absolute atomic E-state index is 0.0505. The lowest BCUT2D eigenvalue weighted by atomic mass is 10.1. The van der Waals surface area contributed by atoms with Crippen LogP contribution in [0.1, 0.15) is 25.5 Å². The minimum Gasteiger partial charge on any atom is -0.370 e.